The summed E-state index contributed by atoms with van der Waals surface area (Å²) in [6.45, 7) is 7.00. The number of nitrogens with one attached hydrogen (secondary N) is 1. The van der Waals surface area contributed by atoms with Gasteiger partial charge in [0.1, 0.15) is 0 Å². The van der Waals surface area contributed by atoms with Gasteiger partial charge in [-0.1, -0.05) is 50.5 Å². The molecule has 2 rings (SSSR count). The van der Waals surface area contributed by atoms with Gasteiger partial charge in [0.05, 0.1) is 12.6 Å². The minimum Gasteiger partial charge on any atom is -0.379 e. The van der Waals surface area contributed by atoms with E-state index in [2.05, 4.69) is 43.4 Å². The van der Waals surface area contributed by atoms with E-state index in [0.717, 1.165) is 25.7 Å². The first-order chi connectivity index (χ1) is 9.31. The number of hydrogen-bond acceptors (Lipinski definition) is 2. The topological polar surface area (TPSA) is 21.3 Å². The van der Waals surface area contributed by atoms with Crippen molar-refractivity contribution in [1.29, 1.82) is 0 Å². The molecule has 0 radical (unpaired) electrons. The van der Waals surface area contributed by atoms with Crippen molar-refractivity contribution in [3.8, 4) is 0 Å². The molecule has 0 aliphatic heterocycles. The Morgan fingerprint density at radius 3 is 2.74 bits per heavy atom. The molecule has 1 aliphatic rings. The van der Waals surface area contributed by atoms with Crippen molar-refractivity contribution in [2.24, 2.45) is 5.92 Å². The molecule has 0 saturated heterocycles. The van der Waals surface area contributed by atoms with Crippen LogP contribution in [0.5, 0.6) is 0 Å². The van der Waals surface area contributed by atoms with E-state index in [4.69, 9.17) is 4.74 Å². The van der Waals surface area contributed by atoms with E-state index in [9.17, 15) is 0 Å². The number of rotatable bonds is 8. The number of benzene rings is 1. The van der Waals surface area contributed by atoms with Crippen LogP contribution in [-0.4, -0.2) is 19.8 Å². The molecule has 1 aliphatic carbocycles. The Bertz CT molecular complexity index is 373. The van der Waals surface area contributed by atoms with Crippen LogP contribution < -0.4 is 5.32 Å². The molecule has 1 N–H and O–H groups in total. The van der Waals surface area contributed by atoms with Crippen molar-refractivity contribution in [2.75, 3.05) is 19.8 Å². The van der Waals surface area contributed by atoms with Crippen molar-refractivity contribution in [1.82, 2.24) is 5.32 Å². The average molecular weight is 261 g/mol. The van der Waals surface area contributed by atoms with Crippen LogP contribution in [0.15, 0.2) is 24.3 Å². The Hall–Kier alpha value is -0.860. The Morgan fingerprint density at radius 1 is 1.32 bits per heavy atom. The van der Waals surface area contributed by atoms with Crippen LogP contribution in [0.4, 0.5) is 0 Å². The molecule has 2 nitrogen and oxygen atoms in total. The lowest BCUT2D eigenvalue weighted by Gasteiger charge is -2.26. The second-order valence-electron chi connectivity index (χ2n) is 5.63. The van der Waals surface area contributed by atoms with E-state index in [0.29, 0.717) is 6.04 Å². The van der Waals surface area contributed by atoms with E-state index in [1.807, 2.05) is 0 Å². The molecular formula is C17H27NO. The Kier molecular flexibility index (Phi) is 5.87. The summed E-state index contributed by atoms with van der Waals surface area (Å²) in [5.74, 6) is 0.941. The van der Waals surface area contributed by atoms with Gasteiger partial charge < -0.3 is 10.1 Å². The fraction of sp³-hybridized carbons (Fsp3) is 0.647. The molecule has 1 saturated carbocycles. The third kappa shape index (κ3) is 4.32. The van der Waals surface area contributed by atoms with Gasteiger partial charge in [0.2, 0.25) is 0 Å². The lowest BCUT2D eigenvalue weighted by atomic mass is 9.83. The summed E-state index contributed by atoms with van der Waals surface area (Å²) in [4.78, 5) is 0. The van der Waals surface area contributed by atoms with Crippen LogP contribution in [-0.2, 0) is 4.74 Å². The van der Waals surface area contributed by atoms with E-state index in [1.54, 1.807) is 0 Å². The second-order valence-corrected chi connectivity index (χ2v) is 5.63. The van der Waals surface area contributed by atoms with E-state index < -0.39 is 0 Å². The maximum atomic E-state index is 5.90. The minimum atomic E-state index is 0.326. The second kappa shape index (κ2) is 7.66. The molecular weight excluding hydrogens is 234 g/mol. The third-order valence-electron chi connectivity index (χ3n) is 4.19. The smallest absolute Gasteiger partial charge is 0.0661 e. The average Bonchev–Trinajstić information content (AvgIpc) is 2.36. The molecule has 2 heteroatoms. The predicted molar refractivity (Wildman–Crippen MR) is 80.4 cm³/mol. The molecule has 0 spiro atoms. The number of hydrogen-bond donors (Lipinski definition) is 1. The van der Waals surface area contributed by atoms with Gasteiger partial charge in [-0.15, -0.1) is 0 Å². The Labute approximate surface area is 117 Å². The fourth-order valence-electron chi connectivity index (χ4n) is 2.72. The van der Waals surface area contributed by atoms with E-state index >= 15 is 0 Å². The highest BCUT2D eigenvalue weighted by Crippen LogP contribution is 2.29. The van der Waals surface area contributed by atoms with Gasteiger partial charge in [0.15, 0.2) is 0 Å². The molecule has 0 bridgehead atoms. The van der Waals surface area contributed by atoms with Crippen LogP contribution in [0.1, 0.15) is 49.8 Å². The van der Waals surface area contributed by atoms with Crippen LogP contribution >= 0.6 is 0 Å². The summed E-state index contributed by atoms with van der Waals surface area (Å²) in [7, 11) is 0. The molecule has 1 unspecified atom stereocenters. The van der Waals surface area contributed by atoms with Gasteiger partial charge in [0, 0.05) is 6.61 Å². The molecule has 0 aromatic heterocycles. The first-order valence-electron chi connectivity index (χ1n) is 7.68. The zero-order valence-electron chi connectivity index (χ0n) is 12.3. The maximum Gasteiger partial charge on any atom is 0.0661 e. The highest BCUT2D eigenvalue weighted by atomic mass is 16.5. The predicted octanol–water partition coefficient (Wildman–Crippen LogP) is 3.85. The lowest BCUT2D eigenvalue weighted by molar-refractivity contribution is 0.0890. The Balaban J connectivity index is 1.80. The summed E-state index contributed by atoms with van der Waals surface area (Å²) in [6, 6.07) is 8.92. The Morgan fingerprint density at radius 2 is 2.11 bits per heavy atom. The molecule has 106 valence electrons. The van der Waals surface area contributed by atoms with Crippen LogP contribution in [0.3, 0.4) is 0 Å². The van der Waals surface area contributed by atoms with Crippen LogP contribution in [0.25, 0.3) is 0 Å². The molecule has 1 aromatic carbocycles. The van der Waals surface area contributed by atoms with Crippen molar-refractivity contribution in [2.45, 2.75) is 45.6 Å². The van der Waals surface area contributed by atoms with Gasteiger partial charge in [-0.2, -0.15) is 0 Å². The van der Waals surface area contributed by atoms with Gasteiger partial charge in [0.25, 0.3) is 0 Å². The standard InChI is InChI=1S/C17H27NO/c1-3-18-17(16-10-5-4-7-14(16)2)13-19-12-11-15-8-6-9-15/h4-5,7,10,15,17-18H,3,6,8-9,11-13H2,1-2H3. The first-order valence-corrected chi connectivity index (χ1v) is 7.68. The summed E-state index contributed by atoms with van der Waals surface area (Å²) >= 11 is 0. The largest absolute Gasteiger partial charge is 0.379 e. The molecule has 0 amide bonds. The normalized spacial score (nSPS) is 17.2. The minimum absolute atomic E-state index is 0.326. The number of ether oxygens (including phenoxy) is 1. The molecule has 1 atom stereocenters. The summed E-state index contributed by atoms with van der Waals surface area (Å²) in [5.41, 5.74) is 2.71. The van der Waals surface area contributed by atoms with Crippen molar-refractivity contribution >= 4 is 0 Å². The van der Waals surface area contributed by atoms with Crippen molar-refractivity contribution in [3.63, 3.8) is 0 Å². The monoisotopic (exact) mass is 261 g/mol. The zero-order chi connectivity index (χ0) is 13.5. The van der Waals surface area contributed by atoms with E-state index in [-0.39, 0.29) is 0 Å². The van der Waals surface area contributed by atoms with Gasteiger partial charge >= 0.3 is 0 Å². The molecule has 19 heavy (non-hydrogen) atoms. The molecule has 0 heterocycles. The first kappa shape index (κ1) is 14.5. The number of likely N-dealkylation sites (N-methyl/N-ethyl adjacent to an activating group) is 1. The highest BCUT2D eigenvalue weighted by Gasteiger charge is 2.17. The van der Waals surface area contributed by atoms with E-state index in [1.165, 1.54) is 36.8 Å². The van der Waals surface area contributed by atoms with Gasteiger partial charge in [-0.3, -0.25) is 0 Å². The zero-order valence-corrected chi connectivity index (χ0v) is 12.3. The van der Waals surface area contributed by atoms with Crippen LogP contribution in [0.2, 0.25) is 0 Å². The lowest BCUT2D eigenvalue weighted by Crippen LogP contribution is -2.26. The summed E-state index contributed by atoms with van der Waals surface area (Å²) < 4.78 is 5.90. The number of aryl methyl sites for hydroxylation is 1. The highest BCUT2D eigenvalue weighted by molar-refractivity contribution is 5.28. The SMILES string of the molecule is CCNC(COCCC1CCC1)c1ccccc1C. The quantitative estimate of drug-likeness (QED) is 0.718. The van der Waals surface area contributed by atoms with Crippen LogP contribution in [0, 0.1) is 12.8 Å². The fourth-order valence-corrected chi connectivity index (χ4v) is 2.72. The molecule has 1 aromatic rings. The third-order valence-corrected chi connectivity index (χ3v) is 4.19. The van der Waals surface area contributed by atoms with Crippen molar-refractivity contribution < 1.29 is 4.74 Å². The van der Waals surface area contributed by atoms with Crippen molar-refractivity contribution in [3.05, 3.63) is 35.4 Å². The summed E-state index contributed by atoms with van der Waals surface area (Å²) in [6.07, 6.45) is 5.50. The van der Waals surface area contributed by atoms with Gasteiger partial charge in [-0.05, 0) is 36.9 Å². The maximum absolute atomic E-state index is 5.90. The molecule has 1 fully saturated rings. The van der Waals surface area contributed by atoms with Gasteiger partial charge in [-0.25, -0.2) is 0 Å². The summed E-state index contributed by atoms with van der Waals surface area (Å²) in [5, 5.41) is 3.53.